The first-order valence-corrected chi connectivity index (χ1v) is 6.10. The molecule has 0 bridgehead atoms. The van der Waals surface area contributed by atoms with Crippen LogP contribution in [0.3, 0.4) is 0 Å². The van der Waals surface area contributed by atoms with Gasteiger partial charge in [0.15, 0.2) is 0 Å². The van der Waals surface area contributed by atoms with Crippen molar-refractivity contribution >= 4 is 5.97 Å². The van der Waals surface area contributed by atoms with Crippen LogP contribution >= 0.6 is 0 Å². The quantitative estimate of drug-likeness (QED) is 0.609. The summed E-state index contributed by atoms with van der Waals surface area (Å²) in [6, 6.07) is 0.562. The number of rotatable bonds is 7. The summed E-state index contributed by atoms with van der Waals surface area (Å²) in [4.78, 5) is 14.1. The van der Waals surface area contributed by atoms with Crippen molar-refractivity contribution in [2.75, 3.05) is 27.4 Å². The lowest BCUT2D eigenvalue weighted by Crippen LogP contribution is -2.46. The minimum Gasteiger partial charge on any atom is -0.468 e. The molecule has 2 rings (SSSR count). The average molecular weight is 227 g/mol. The fraction of sp³-hybridized carbons (Fsp3) is 0.917. The molecule has 0 aromatic heterocycles. The average Bonchev–Trinajstić information content (AvgIpc) is 3.15. The predicted octanol–water partition coefficient (Wildman–Crippen LogP) is 1.05. The van der Waals surface area contributed by atoms with Crippen LogP contribution < -0.4 is 0 Å². The summed E-state index contributed by atoms with van der Waals surface area (Å²) in [6.07, 6.45) is 4.75. The van der Waals surface area contributed by atoms with Gasteiger partial charge in [-0.2, -0.15) is 0 Å². The number of hydrogen-bond donors (Lipinski definition) is 0. The summed E-state index contributed by atoms with van der Waals surface area (Å²) in [5.41, 5.74) is 0. The van der Waals surface area contributed by atoms with Gasteiger partial charge in [-0.3, -0.25) is 9.69 Å². The molecule has 2 saturated carbocycles. The van der Waals surface area contributed by atoms with Gasteiger partial charge in [0, 0.05) is 19.7 Å². The Morgan fingerprint density at radius 1 is 1.31 bits per heavy atom. The summed E-state index contributed by atoms with van der Waals surface area (Å²) in [6.45, 7) is 1.54. The van der Waals surface area contributed by atoms with E-state index in [1.165, 1.54) is 20.0 Å². The molecule has 0 aromatic rings. The number of hydrogen-bond acceptors (Lipinski definition) is 4. The van der Waals surface area contributed by atoms with Crippen LogP contribution in [0, 0.1) is 5.92 Å². The highest BCUT2D eigenvalue weighted by atomic mass is 16.5. The third-order valence-corrected chi connectivity index (χ3v) is 3.44. The maximum absolute atomic E-state index is 11.8. The lowest BCUT2D eigenvalue weighted by atomic mass is 10.1. The first kappa shape index (κ1) is 11.9. The van der Waals surface area contributed by atoms with Crippen molar-refractivity contribution in [1.29, 1.82) is 0 Å². The molecule has 0 aromatic carbocycles. The van der Waals surface area contributed by atoms with Crippen LogP contribution in [-0.2, 0) is 14.3 Å². The molecular weight excluding hydrogens is 206 g/mol. The van der Waals surface area contributed by atoms with Crippen molar-refractivity contribution < 1.29 is 14.3 Å². The third-order valence-electron chi connectivity index (χ3n) is 3.44. The second-order valence-electron chi connectivity index (χ2n) is 4.77. The van der Waals surface area contributed by atoms with Gasteiger partial charge in [-0.25, -0.2) is 0 Å². The van der Waals surface area contributed by atoms with Crippen LogP contribution in [-0.4, -0.2) is 50.3 Å². The Bertz CT molecular complexity index is 249. The van der Waals surface area contributed by atoms with Crippen LogP contribution in [0.1, 0.15) is 25.7 Å². The highest BCUT2D eigenvalue weighted by molar-refractivity contribution is 5.76. The van der Waals surface area contributed by atoms with E-state index >= 15 is 0 Å². The van der Waals surface area contributed by atoms with Crippen molar-refractivity contribution in [1.82, 2.24) is 4.90 Å². The molecule has 2 fully saturated rings. The second-order valence-corrected chi connectivity index (χ2v) is 4.77. The van der Waals surface area contributed by atoms with Crippen molar-refractivity contribution in [3.8, 4) is 0 Å². The number of nitrogens with zero attached hydrogens (tertiary/aromatic N) is 1. The van der Waals surface area contributed by atoms with Gasteiger partial charge in [-0.15, -0.1) is 0 Å². The Kier molecular flexibility index (Phi) is 3.82. The number of esters is 1. The van der Waals surface area contributed by atoms with Gasteiger partial charge in [0.2, 0.25) is 0 Å². The molecule has 0 saturated heterocycles. The molecule has 2 aliphatic rings. The fourth-order valence-electron chi connectivity index (χ4n) is 2.28. The van der Waals surface area contributed by atoms with Crippen LogP contribution in [0.2, 0.25) is 0 Å². The van der Waals surface area contributed by atoms with Crippen molar-refractivity contribution in [2.24, 2.45) is 5.92 Å². The summed E-state index contributed by atoms with van der Waals surface area (Å²) >= 11 is 0. The molecule has 1 unspecified atom stereocenters. The molecule has 0 aliphatic heterocycles. The molecule has 0 spiro atoms. The zero-order chi connectivity index (χ0) is 11.5. The smallest absolute Gasteiger partial charge is 0.323 e. The number of carbonyl (C=O) groups excluding carboxylic acids is 1. The van der Waals surface area contributed by atoms with E-state index in [4.69, 9.17) is 9.47 Å². The Hall–Kier alpha value is -0.610. The van der Waals surface area contributed by atoms with E-state index in [0.717, 1.165) is 19.4 Å². The lowest BCUT2D eigenvalue weighted by molar-refractivity contribution is -0.148. The molecule has 16 heavy (non-hydrogen) atoms. The van der Waals surface area contributed by atoms with E-state index in [1.54, 1.807) is 7.11 Å². The van der Waals surface area contributed by atoms with Gasteiger partial charge in [-0.1, -0.05) is 0 Å². The molecule has 0 heterocycles. The molecular formula is C12H21NO3. The van der Waals surface area contributed by atoms with Crippen molar-refractivity contribution in [2.45, 2.75) is 37.8 Å². The van der Waals surface area contributed by atoms with Crippen LogP contribution in [0.4, 0.5) is 0 Å². The van der Waals surface area contributed by atoms with E-state index in [-0.39, 0.29) is 12.0 Å². The van der Waals surface area contributed by atoms with Crippen LogP contribution in [0.15, 0.2) is 0 Å². The molecule has 0 radical (unpaired) electrons. The Morgan fingerprint density at radius 2 is 2.00 bits per heavy atom. The van der Waals surface area contributed by atoms with Gasteiger partial charge in [0.1, 0.15) is 6.04 Å². The largest absolute Gasteiger partial charge is 0.468 e. The van der Waals surface area contributed by atoms with Gasteiger partial charge >= 0.3 is 5.97 Å². The highest BCUT2D eigenvalue weighted by Crippen LogP contribution is 2.40. The zero-order valence-corrected chi connectivity index (χ0v) is 10.1. The highest BCUT2D eigenvalue weighted by Gasteiger charge is 2.45. The maximum atomic E-state index is 11.8. The Morgan fingerprint density at radius 3 is 2.44 bits per heavy atom. The monoisotopic (exact) mass is 227 g/mol. The van der Waals surface area contributed by atoms with Crippen molar-refractivity contribution in [3.05, 3.63) is 0 Å². The summed E-state index contributed by atoms with van der Waals surface area (Å²) in [5, 5.41) is 0. The minimum atomic E-state index is -0.0643. The maximum Gasteiger partial charge on any atom is 0.323 e. The zero-order valence-electron chi connectivity index (χ0n) is 10.1. The lowest BCUT2D eigenvalue weighted by Gasteiger charge is -2.29. The molecule has 1 atom stereocenters. The fourth-order valence-corrected chi connectivity index (χ4v) is 2.28. The summed E-state index contributed by atoms with van der Waals surface area (Å²) in [7, 11) is 3.19. The minimum absolute atomic E-state index is 0.0207. The molecule has 4 nitrogen and oxygen atoms in total. The SMILES string of the molecule is COCCN(C1CC1)C(C(=O)OC)C1CC1. The van der Waals surface area contributed by atoms with E-state index in [1.807, 2.05) is 0 Å². The van der Waals surface area contributed by atoms with Gasteiger partial charge in [0.25, 0.3) is 0 Å². The third kappa shape index (κ3) is 2.74. The van der Waals surface area contributed by atoms with Gasteiger partial charge < -0.3 is 9.47 Å². The second kappa shape index (κ2) is 5.15. The predicted molar refractivity (Wildman–Crippen MR) is 60.1 cm³/mol. The number of ether oxygens (including phenoxy) is 2. The van der Waals surface area contributed by atoms with Crippen LogP contribution in [0.5, 0.6) is 0 Å². The normalized spacial score (nSPS) is 22.2. The number of carbonyl (C=O) groups is 1. The standard InChI is InChI=1S/C12H21NO3/c1-15-8-7-13(10-5-6-10)11(9-3-4-9)12(14)16-2/h9-11H,3-8H2,1-2H3. The molecule has 92 valence electrons. The topological polar surface area (TPSA) is 38.8 Å². The molecule has 0 amide bonds. The summed E-state index contributed by atoms with van der Waals surface area (Å²) < 4.78 is 10.1. The van der Waals surface area contributed by atoms with E-state index in [2.05, 4.69) is 4.90 Å². The first-order chi connectivity index (χ1) is 7.77. The van der Waals surface area contributed by atoms with E-state index in [9.17, 15) is 4.79 Å². The van der Waals surface area contributed by atoms with Gasteiger partial charge in [-0.05, 0) is 31.6 Å². The van der Waals surface area contributed by atoms with Crippen LogP contribution in [0.25, 0.3) is 0 Å². The number of methoxy groups -OCH3 is 2. The Labute approximate surface area is 96.9 Å². The van der Waals surface area contributed by atoms with Crippen molar-refractivity contribution in [3.63, 3.8) is 0 Å². The molecule has 2 aliphatic carbocycles. The molecule has 4 heteroatoms. The van der Waals surface area contributed by atoms with E-state index in [0.29, 0.717) is 18.6 Å². The summed E-state index contributed by atoms with van der Waals surface area (Å²) in [5.74, 6) is 0.454. The first-order valence-electron chi connectivity index (χ1n) is 6.10. The Balaban J connectivity index is 1.98. The molecule has 0 N–H and O–H groups in total. The van der Waals surface area contributed by atoms with E-state index < -0.39 is 0 Å². The van der Waals surface area contributed by atoms with Gasteiger partial charge in [0.05, 0.1) is 13.7 Å².